The van der Waals surface area contributed by atoms with E-state index < -0.39 is 12.1 Å². The molecule has 0 saturated heterocycles. The van der Waals surface area contributed by atoms with Crippen LogP contribution in [0, 0.1) is 11.2 Å². The second kappa shape index (κ2) is 16.7. The highest BCUT2D eigenvalue weighted by atomic mass is 19.1. The molecule has 0 spiro atoms. The Bertz CT molecular complexity index is 990. The fourth-order valence-electron chi connectivity index (χ4n) is 3.57. The number of carbonyl (C=O) groups is 2. The van der Waals surface area contributed by atoms with E-state index in [4.69, 9.17) is 18.9 Å². The molecule has 1 unspecified atom stereocenters. The van der Waals surface area contributed by atoms with Crippen molar-refractivity contribution in [2.24, 2.45) is 5.41 Å². The number of aliphatic carboxylic acids is 1. The number of rotatable bonds is 17. The van der Waals surface area contributed by atoms with E-state index in [-0.39, 0.29) is 30.4 Å². The second-order valence-electron chi connectivity index (χ2n) is 10.5. The number of ether oxygens (including phenoxy) is 4. The minimum Gasteiger partial charge on any atom is -0.492 e. The van der Waals surface area contributed by atoms with Crippen LogP contribution in [0.3, 0.4) is 0 Å². The van der Waals surface area contributed by atoms with E-state index in [9.17, 15) is 19.1 Å². The maximum absolute atomic E-state index is 13.0. The molecule has 2 rings (SSSR count). The van der Waals surface area contributed by atoms with E-state index in [0.29, 0.717) is 45.3 Å². The van der Waals surface area contributed by atoms with Crippen molar-refractivity contribution in [2.45, 2.75) is 59.7 Å². The predicted molar refractivity (Wildman–Crippen MR) is 146 cm³/mol. The summed E-state index contributed by atoms with van der Waals surface area (Å²) in [5.74, 6) is -0.640. The topological polar surface area (TPSA) is 94.5 Å². The number of carbonyl (C=O) groups excluding carboxylic acids is 1. The maximum Gasteiger partial charge on any atom is 0.409 e. The Balaban J connectivity index is 1.80. The summed E-state index contributed by atoms with van der Waals surface area (Å²) in [6, 6.07) is 13.4. The summed E-state index contributed by atoms with van der Waals surface area (Å²) in [5.41, 5.74) is 1.59. The summed E-state index contributed by atoms with van der Waals surface area (Å²) >= 11 is 0. The first-order valence-corrected chi connectivity index (χ1v) is 13.4. The van der Waals surface area contributed by atoms with E-state index in [2.05, 4.69) is 0 Å². The van der Waals surface area contributed by atoms with E-state index in [1.807, 2.05) is 32.9 Å². The fourth-order valence-corrected chi connectivity index (χ4v) is 3.57. The predicted octanol–water partition coefficient (Wildman–Crippen LogP) is 5.72. The van der Waals surface area contributed by atoms with Crippen molar-refractivity contribution in [2.75, 3.05) is 39.5 Å². The minimum absolute atomic E-state index is 0.143. The molecule has 1 amide bonds. The lowest BCUT2D eigenvalue weighted by Crippen LogP contribution is -2.37. The monoisotopic (exact) mass is 547 g/mol. The Kier molecular flexibility index (Phi) is 13.7. The molecule has 1 N–H and O–H groups in total. The van der Waals surface area contributed by atoms with Crippen molar-refractivity contribution in [3.8, 4) is 5.75 Å². The average molecular weight is 548 g/mol. The molecule has 0 radical (unpaired) electrons. The molecule has 0 heterocycles. The number of halogens is 1. The van der Waals surface area contributed by atoms with Crippen molar-refractivity contribution < 1.29 is 38.0 Å². The molecule has 0 aliphatic carbocycles. The van der Waals surface area contributed by atoms with Gasteiger partial charge in [-0.2, -0.15) is 0 Å². The van der Waals surface area contributed by atoms with Gasteiger partial charge in [0.25, 0.3) is 0 Å². The van der Waals surface area contributed by atoms with Crippen LogP contribution in [-0.2, 0) is 32.0 Å². The van der Waals surface area contributed by atoms with Gasteiger partial charge in [0.15, 0.2) is 6.10 Å². The van der Waals surface area contributed by atoms with Crippen LogP contribution in [0.5, 0.6) is 5.75 Å². The van der Waals surface area contributed by atoms with Crippen molar-refractivity contribution in [1.82, 2.24) is 4.90 Å². The Labute approximate surface area is 231 Å². The number of nitrogens with zero attached hydrogens (tertiary/aromatic N) is 1. The zero-order chi connectivity index (χ0) is 28.7. The number of hydrogen-bond donors (Lipinski definition) is 1. The van der Waals surface area contributed by atoms with Crippen LogP contribution in [0.1, 0.15) is 51.7 Å². The SMILES string of the molecule is CCOC(Cc1ccc(OCCN(CCCCOCc2ccc(F)cc2)C(=O)OCC(C)(C)C)cc1)C(=O)O. The molecule has 0 aliphatic heterocycles. The number of unbranched alkanes of at least 4 members (excludes halogenated alkanes) is 1. The molecule has 39 heavy (non-hydrogen) atoms. The van der Waals surface area contributed by atoms with Crippen LogP contribution in [0.4, 0.5) is 9.18 Å². The highest BCUT2D eigenvalue weighted by Gasteiger charge is 2.20. The number of carboxylic acids is 1. The lowest BCUT2D eigenvalue weighted by Gasteiger charge is -2.25. The highest BCUT2D eigenvalue weighted by molar-refractivity contribution is 5.72. The molecule has 2 aromatic rings. The van der Waals surface area contributed by atoms with Crippen LogP contribution < -0.4 is 4.74 Å². The van der Waals surface area contributed by atoms with E-state index in [1.165, 1.54) is 12.1 Å². The van der Waals surface area contributed by atoms with E-state index in [0.717, 1.165) is 24.0 Å². The number of amides is 1. The summed E-state index contributed by atoms with van der Waals surface area (Å²) in [5, 5.41) is 9.27. The summed E-state index contributed by atoms with van der Waals surface area (Å²) in [6.07, 6.45) is 0.484. The Morgan fingerprint density at radius 1 is 0.949 bits per heavy atom. The van der Waals surface area contributed by atoms with Gasteiger partial charge in [0.05, 0.1) is 19.8 Å². The van der Waals surface area contributed by atoms with Gasteiger partial charge in [0, 0.05) is 26.2 Å². The van der Waals surface area contributed by atoms with E-state index in [1.54, 1.807) is 36.1 Å². The second-order valence-corrected chi connectivity index (χ2v) is 10.5. The summed E-state index contributed by atoms with van der Waals surface area (Å²) in [4.78, 5) is 25.7. The first-order valence-electron chi connectivity index (χ1n) is 13.4. The van der Waals surface area contributed by atoms with Gasteiger partial charge in [-0.1, -0.05) is 45.0 Å². The van der Waals surface area contributed by atoms with Gasteiger partial charge in [-0.25, -0.2) is 14.0 Å². The molecule has 9 heteroatoms. The molecule has 0 bridgehead atoms. The molecule has 0 aliphatic rings. The zero-order valence-corrected chi connectivity index (χ0v) is 23.5. The van der Waals surface area contributed by atoms with Gasteiger partial charge in [-0.05, 0) is 60.6 Å². The van der Waals surface area contributed by atoms with Crippen LogP contribution >= 0.6 is 0 Å². The molecule has 1 atom stereocenters. The van der Waals surface area contributed by atoms with Crippen LogP contribution in [0.25, 0.3) is 0 Å². The van der Waals surface area contributed by atoms with Gasteiger partial charge >= 0.3 is 12.1 Å². The average Bonchev–Trinajstić information content (AvgIpc) is 2.89. The van der Waals surface area contributed by atoms with Gasteiger partial charge in [-0.15, -0.1) is 0 Å². The van der Waals surface area contributed by atoms with Crippen LogP contribution in [0.2, 0.25) is 0 Å². The maximum atomic E-state index is 13.0. The van der Waals surface area contributed by atoms with Crippen molar-refractivity contribution in [3.63, 3.8) is 0 Å². The van der Waals surface area contributed by atoms with Crippen molar-refractivity contribution in [3.05, 3.63) is 65.5 Å². The number of benzene rings is 2. The largest absolute Gasteiger partial charge is 0.492 e. The molecular formula is C30H42FNO7. The van der Waals surface area contributed by atoms with E-state index >= 15 is 0 Å². The third kappa shape index (κ3) is 13.5. The number of carboxylic acid groups (broad SMARTS) is 1. The quantitative estimate of drug-likeness (QED) is 0.253. The van der Waals surface area contributed by atoms with Crippen molar-refractivity contribution in [1.29, 1.82) is 0 Å². The van der Waals surface area contributed by atoms with Crippen LogP contribution in [0.15, 0.2) is 48.5 Å². The summed E-state index contributed by atoms with van der Waals surface area (Å²) < 4.78 is 35.3. The lowest BCUT2D eigenvalue weighted by atomic mass is 9.99. The van der Waals surface area contributed by atoms with Crippen LogP contribution in [-0.4, -0.2) is 67.7 Å². The normalized spacial score (nSPS) is 12.1. The fraction of sp³-hybridized carbons (Fsp3) is 0.533. The Morgan fingerprint density at radius 3 is 2.23 bits per heavy atom. The third-order valence-corrected chi connectivity index (χ3v) is 5.65. The molecule has 2 aromatic carbocycles. The lowest BCUT2D eigenvalue weighted by molar-refractivity contribution is -0.149. The van der Waals surface area contributed by atoms with Gasteiger partial charge < -0.3 is 29.0 Å². The van der Waals surface area contributed by atoms with Gasteiger partial charge in [0.2, 0.25) is 0 Å². The molecule has 8 nitrogen and oxygen atoms in total. The molecule has 0 fully saturated rings. The molecule has 0 aromatic heterocycles. The molecule has 0 saturated carbocycles. The van der Waals surface area contributed by atoms with Gasteiger partial charge in [-0.3, -0.25) is 0 Å². The highest BCUT2D eigenvalue weighted by Crippen LogP contribution is 2.16. The summed E-state index contributed by atoms with van der Waals surface area (Å²) in [7, 11) is 0. The first kappa shape index (κ1) is 32.0. The Morgan fingerprint density at radius 2 is 1.62 bits per heavy atom. The van der Waals surface area contributed by atoms with Crippen molar-refractivity contribution >= 4 is 12.1 Å². The van der Waals surface area contributed by atoms with Gasteiger partial charge in [0.1, 0.15) is 18.2 Å². The molecule has 216 valence electrons. The third-order valence-electron chi connectivity index (χ3n) is 5.65. The summed E-state index contributed by atoms with van der Waals surface area (Å²) in [6.45, 7) is 10.5. The standard InChI is InChI=1S/C30H42FNO7/c1-5-37-27(28(33)34)20-23-10-14-26(15-11-23)38-19-17-32(29(35)39-22-30(2,3)4)16-6-7-18-36-21-24-8-12-25(31)13-9-24/h8-15,27H,5-7,16-22H2,1-4H3,(H,33,34). The number of hydrogen-bond acceptors (Lipinski definition) is 6. The Hall–Kier alpha value is -3.17. The molecular weight excluding hydrogens is 505 g/mol. The zero-order valence-electron chi connectivity index (χ0n) is 23.5. The smallest absolute Gasteiger partial charge is 0.409 e. The first-order chi connectivity index (χ1) is 18.6. The minimum atomic E-state index is -0.991.